The third-order valence-corrected chi connectivity index (χ3v) is 3.37. The van der Waals surface area contributed by atoms with Crippen LogP contribution in [0, 0.1) is 6.92 Å². The van der Waals surface area contributed by atoms with Gasteiger partial charge in [-0.2, -0.15) is 0 Å². The quantitative estimate of drug-likeness (QED) is 0.911. The Bertz CT molecular complexity index is 615. The van der Waals surface area contributed by atoms with E-state index in [0.29, 0.717) is 5.89 Å². The smallest absolute Gasteiger partial charge is 0.321 e. The van der Waals surface area contributed by atoms with Crippen LogP contribution in [0.15, 0.2) is 34.9 Å². The molecule has 0 spiro atoms. The third-order valence-electron chi connectivity index (χ3n) is 3.37. The SMILES string of the molecule is Cc1coc(-c2cccc(NC(=O)N3CCCC3)c2)n1. The number of hydrogen-bond donors (Lipinski definition) is 1. The summed E-state index contributed by atoms with van der Waals surface area (Å²) < 4.78 is 5.38. The molecule has 1 fully saturated rings. The second-order valence-corrected chi connectivity index (χ2v) is 5.00. The van der Waals surface area contributed by atoms with Crippen molar-refractivity contribution in [3.63, 3.8) is 0 Å². The molecule has 0 saturated carbocycles. The maximum absolute atomic E-state index is 12.0. The van der Waals surface area contributed by atoms with E-state index >= 15 is 0 Å². The number of aryl methyl sites for hydroxylation is 1. The lowest BCUT2D eigenvalue weighted by molar-refractivity contribution is 0.222. The number of rotatable bonds is 2. The molecule has 0 unspecified atom stereocenters. The van der Waals surface area contributed by atoms with Crippen LogP contribution in [0.5, 0.6) is 0 Å². The lowest BCUT2D eigenvalue weighted by Crippen LogP contribution is -2.32. The van der Waals surface area contributed by atoms with Gasteiger partial charge in [0.1, 0.15) is 6.26 Å². The zero-order chi connectivity index (χ0) is 13.9. The molecule has 5 nitrogen and oxygen atoms in total. The van der Waals surface area contributed by atoms with Crippen molar-refractivity contribution in [1.29, 1.82) is 0 Å². The van der Waals surface area contributed by atoms with Gasteiger partial charge in [0.05, 0.1) is 5.69 Å². The van der Waals surface area contributed by atoms with Crippen LogP contribution >= 0.6 is 0 Å². The van der Waals surface area contributed by atoms with Crippen LogP contribution in [0.2, 0.25) is 0 Å². The van der Waals surface area contributed by atoms with E-state index in [1.165, 1.54) is 0 Å². The van der Waals surface area contributed by atoms with Gasteiger partial charge in [-0.15, -0.1) is 0 Å². The minimum absolute atomic E-state index is 0.0387. The van der Waals surface area contributed by atoms with E-state index in [1.54, 1.807) is 6.26 Å². The van der Waals surface area contributed by atoms with Crippen LogP contribution in [0.1, 0.15) is 18.5 Å². The standard InChI is InChI=1S/C15H17N3O2/c1-11-10-20-14(16-11)12-5-4-6-13(9-12)17-15(19)18-7-2-3-8-18/h4-6,9-10H,2-3,7-8H2,1H3,(H,17,19). The molecule has 1 saturated heterocycles. The van der Waals surface area contributed by atoms with E-state index < -0.39 is 0 Å². The zero-order valence-corrected chi connectivity index (χ0v) is 11.4. The summed E-state index contributed by atoms with van der Waals surface area (Å²) in [7, 11) is 0. The number of likely N-dealkylation sites (tertiary alicyclic amines) is 1. The van der Waals surface area contributed by atoms with E-state index in [9.17, 15) is 4.79 Å². The number of anilines is 1. The Morgan fingerprint density at radius 1 is 1.35 bits per heavy atom. The predicted octanol–water partition coefficient (Wildman–Crippen LogP) is 3.28. The lowest BCUT2D eigenvalue weighted by atomic mass is 10.2. The van der Waals surface area contributed by atoms with Gasteiger partial charge in [0.15, 0.2) is 0 Å². The van der Waals surface area contributed by atoms with Crippen LogP contribution in [0.4, 0.5) is 10.5 Å². The fourth-order valence-corrected chi connectivity index (χ4v) is 2.34. The van der Waals surface area contributed by atoms with Crippen molar-refractivity contribution in [3.8, 4) is 11.5 Å². The molecular weight excluding hydrogens is 254 g/mol. The third kappa shape index (κ3) is 2.66. The number of hydrogen-bond acceptors (Lipinski definition) is 3. The van der Waals surface area contributed by atoms with Crippen molar-refractivity contribution in [2.75, 3.05) is 18.4 Å². The summed E-state index contributed by atoms with van der Waals surface area (Å²) in [5.41, 5.74) is 2.46. The Balaban J connectivity index is 1.75. The highest BCUT2D eigenvalue weighted by molar-refractivity contribution is 5.90. The molecule has 1 aliphatic heterocycles. The molecule has 0 atom stereocenters. The first-order valence-corrected chi connectivity index (χ1v) is 6.81. The number of nitrogens with one attached hydrogen (secondary N) is 1. The molecule has 3 rings (SSSR count). The van der Waals surface area contributed by atoms with Crippen LogP contribution in [0.25, 0.3) is 11.5 Å². The number of nitrogens with zero attached hydrogens (tertiary/aromatic N) is 2. The fourth-order valence-electron chi connectivity index (χ4n) is 2.34. The van der Waals surface area contributed by atoms with Crippen molar-refractivity contribution in [2.24, 2.45) is 0 Å². The summed E-state index contributed by atoms with van der Waals surface area (Å²) in [5.74, 6) is 0.569. The summed E-state index contributed by atoms with van der Waals surface area (Å²) in [5, 5.41) is 2.92. The first-order chi connectivity index (χ1) is 9.72. The van der Waals surface area contributed by atoms with Crippen LogP contribution < -0.4 is 5.32 Å². The van der Waals surface area contributed by atoms with E-state index in [-0.39, 0.29) is 6.03 Å². The maximum Gasteiger partial charge on any atom is 0.321 e. The predicted molar refractivity (Wildman–Crippen MR) is 76.5 cm³/mol. The monoisotopic (exact) mass is 271 g/mol. The van der Waals surface area contributed by atoms with Crippen molar-refractivity contribution >= 4 is 11.7 Å². The van der Waals surface area contributed by atoms with Gasteiger partial charge in [0.25, 0.3) is 0 Å². The normalized spacial score (nSPS) is 14.6. The van der Waals surface area contributed by atoms with Crippen LogP contribution in [0.3, 0.4) is 0 Å². The topological polar surface area (TPSA) is 58.4 Å². The van der Waals surface area contributed by atoms with Gasteiger partial charge in [-0.05, 0) is 38.0 Å². The van der Waals surface area contributed by atoms with E-state index in [0.717, 1.165) is 42.9 Å². The van der Waals surface area contributed by atoms with Crippen molar-refractivity contribution < 1.29 is 9.21 Å². The number of amides is 2. The van der Waals surface area contributed by atoms with E-state index in [1.807, 2.05) is 36.1 Å². The Kier molecular flexibility index (Phi) is 3.41. The van der Waals surface area contributed by atoms with Gasteiger partial charge in [0, 0.05) is 24.3 Å². The second kappa shape index (κ2) is 5.36. The molecule has 2 aromatic rings. The molecule has 5 heteroatoms. The van der Waals surface area contributed by atoms with Crippen molar-refractivity contribution in [3.05, 3.63) is 36.2 Å². The van der Waals surface area contributed by atoms with Crippen molar-refractivity contribution in [1.82, 2.24) is 9.88 Å². The molecule has 2 heterocycles. The number of urea groups is 1. The molecule has 0 aliphatic carbocycles. The zero-order valence-electron chi connectivity index (χ0n) is 11.4. The molecular formula is C15H17N3O2. The number of aromatic nitrogens is 1. The molecule has 1 aromatic carbocycles. The Morgan fingerprint density at radius 3 is 2.85 bits per heavy atom. The number of carbonyl (C=O) groups is 1. The molecule has 1 aromatic heterocycles. The molecule has 1 N–H and O–H groups in total. The fraction of sp³-hybridized carbons (Fsp3) is 0.333. The van der Waals surface area contributed by atoms with Gasteiger partial charge >= 0.3 is 6.03 Å². The molecule has 0 bridgehead atoms. The van der Waals surface area contributed by atoms with Crippen LogP contribution in [-0.2, 0) is 0 Å². The summed E-state index contributed by atoms with van der Waals surface area (Å²) in [6, 6.07) is 7.50. The average Bonchev–Trinajstić information content (AvgIpc) is 3.10. The Labute approximate surface area is 117 Å². The Morgan fingerprint density at radius 2 is 2.15 bits per heavy atom. The Hall–Kier alpha value is -2.30. The molecule has 2 amide bonds. The minimum atomic E-state index is -0.0387. The van der Waals surface area contributed by atoms with Gasteiger partial charge in [-0.3, -0.25) is 0 Å². The highest BCUT2D eigenvalue weighted by Gasteiger charge is 2.17. The molecule has 104 valence electrons. The highest BCUT2D eigenvalue weighted by atomic mass is 16.3. The summed E-state index contributed by atoms with van der Waals surface area (Å²) in [4.78, 5) is 18.2. The lowest BCUT2D eigenvalue weighted by Gasteiger charge is -2.16. The second-order valence-electron chi connectivity index (χ2n) is 5.00. The van der Waals surface area contributed by atoms with Gasteiger partial charge in [-0.1, -0.05) is 6.07 Å². The first-order valence-electron chi connectivity index (χ1n) is 6.81. The van der Waals surface area contributed by atoms with E-state index in [2.05, 4.69) is 10.3 Å². The van der Waals surface area contributed by atoms with Gasteiger partial charge in [0.2, 0.25) is 5.89 Å². The summed E-state index contributed by atoms with van der Waals surface area (Å²) >= 11 is 0. The number of carbonyl (C=O) groups excluding carboxylic acids is 1. The minimum Gasteiger partial charge on any atom is -0.444 e. The maximum atomic E-state index is 12.0. The molecule has 1 aliphatic rings. The average molecular weight is 271 g/mol. The van der Waals surface area contributed by atoms with Gasteiger partial charge in [-0.25, -0.2) is 9.78 Å². The van der Waals surface area contributed by atoms with E-state index in [4.69, 9.17) is 4.42 Å². The number of oxazole rings is 1. The molecule has 20 heavy (non-hydrogen) atoms. The summed E-state index contributed by atoms with van der Waals surface area (Å²) in [6.45, 7) is 3.56. The number of benzene rings is 1. The van der Waals surface area contributed by atoms with Gasteiger partial charge < -0.3 is 14.6 Å². The summed E-state index contributed by atoms with van der Waals surface area (Å²) in [6.07, 6.45) is 3.79. The molecule has 0 radical (unpaired) electrons. The first kappa shape index (κ1) is 12.7. The van der Waals surface area contributed by atoms with Crippen molar-refractivity contribution in [2.45, 2.75) is 19.8 Å². The highest BCUT2D eigenvalue weighted by Crippen LogP contribution is 2.22. The van der Waals surface area contributed by atoms with Crippen LogP contribution in [-0.4, -0.2) is 29.0 Å². The largest absolute Gasteiger partial charge is 0.444 e.